The lowest BCUT2D eigenvalue weighted by Gasteiger charge is -2.19. The Morgan fingerprint density at radius 1 is 1.03 bits per heavy atom. The van der Waals surface area contributed by atoms with Crippen LogP contribution >= 0.6 is 0 Å². The summed E-state index contributed by atoms with van der Waals surface area (Å²) in [6.07, 6.45) is 3.12. The maximum Gasteiger partial charge on any atom is 0.287 e. The molecule has 8 nitrogen and oxygen atoms in total. The summed E-state index contributed by atoms with van der Waals surface area (Å²) in [5, 5.41) is 8.12. The Morgan fingerprint density at radius 3 is 2.53 bits per heavy atom. The summed E-state index contributed by atoms with van der Waals surface area (Å²) in [5.41, 5.74) is 2.13. The second kappa shape index (κ2) is 10.4. The Kier molecular flexibility index (Phi) is 7.38. The van der Waals surface area contributed by atoms with E-state index in [9.17, 15) is 14.4 Å². The molecule has 166 valence electrons. The van der Waals surface area contributed by atoms with Gasteiger partial charge in [0.1, 0.15) is 11.8 Å². The number of nitrogens with one attached hydrogen (secondary N) is 3. The van der Waals surface area contributed by atoms with Crippen LogP contribution in [-0.4, -0.2) is 35.8 Å². The van der Waals surface area contributed by atoms with Crippen LogP contribution in [0.2, 0.25) is 0 Å². The van der Waals surface area contributed by atoms with Crippen molar-refractivity contribution in [2.45, 2.75) is 26.4 Å². The Hall–Kier alpha value is -3.94. The molecule has 8 heteroatoms. The van der Waals surface area contributed by atoms with Crippen LogP contribution in [0.25, 0.3) is 11.3 Å². The van der Waals surface area contributed by atoms with E-state index < -0.39 is 11.9 Å². The van der Waals surface area contributed by atoms with Crippen LogP contribution in [0.3, 0.4) is 0 Å². The molecular formula is C24H26N4O4. The zero-order valence-electron chi connectivity index (χ0n) is 18.2. The highest BCUT2D eigenvalue weighted by molar-refractivity contribution is 5.96. The molecule has 0 unspecified atom stereocenters. The van der Waals surface area contributed by atoms with Gasteiger partial charge in [-0.05, 0) is 41.8 Å². The van der Waals surface area contributed by atoms with Gasteiger partial charge >= 0.3 is 0 Å². The van der Waals surface area contributed by atoms with Crippen molar-refractivity contribution in [3.63, 3.8) is 0 Å². The number of nitrogens with zero attached hydrogens (tertiary/aromatic N) is 1. The lowest BCUT2D eigenvalue weighted by molar-refractivity contribution is -0.123. The van der Waals surface area contributed by atoms with E-state index in [1.807, 2.05) is 38.1 Å². The number of benzene rings is 1. The number of pyridine rings is 1. The molecule has 2 aromatic heterocycles. The molecule has 3 N–H and O–H groups in total. The van der Waals surface area contributed by atoms with Gasteiger partial charge in [-0.25, -0.2) is 0 Å². The second-order valence-electron chi connectivity index (χ2n) is 7.60. The molecule has 0 aliphatic carbocycles. The molecule has 0 spiro atoms. The number of aromatic nitrogens is 1. The van der Waals surface area contributed by atoms with Gasteiger partial charge in [-0.2, -0.15) is 0 Å². The van der Waals surface area contributed by atoms with Gasteiger partial charge in [0.25, 0.3) is 11.8 Å². The summed E-state index contributed by atoms with van der Waals surface area (Å²) in [5.74, 6) is -0.385. The van der Waals surface area contributed by atoms with Crippen LogP contribution in [0.15, 0.2) is 65.3 Å². The van der Waals surface area contributed by atoms with Gasteiger partial charge in [-0.15, -0.1) is 0 Å². The molecule has 0 saturated heterocycles. The highest BCUT2D eigenvalue weighted by Crippen LogP contribution is 2.23. The molecule has 32 heavy (non-hydrogen) atoms. The van der Waals surface area contributed by atoms with Gasteiger partial charge in [-0.1, -0.05) is 32.0 Å². The average molecular weight is 434 g/mol. The van der Waals surface area contributed by atoms with Gasteiger partial charge in [0.05, 0.1) is 5.56 Å². The smallest absolute Gasteiger partial charge is 0.287 e. The summed E-state index contributed by atoms with van der Waals surface area (Å²) in [7, 11) is 1.53. The third-order valence-corrected chi connectivity index (χ3v) is 4.90. The van der Waals surface area contributed by atoms with Gasteiger partial charge in [0.2, 0.25) is 5.91 Å². The molecule has 0 saturated carbocycles. The van der Waals surface area contributed by atoms with E-state index in [1.54, 1.807) is 30.5 Å². The number of carbonyl (C=O) groups excluding carboxylic acids is 3. The first-order valence-electron chi connectivity index (χ1n) is 10.3. The molecule has 0 aliphatic rings. The first-order valence-corrected chi connectivity index (χ1v) is 10.3. The Labute approximate surface area is 186 Å². The third kappa shape index (κ3) is 5.60. The van der Waals surface area contributed by atoms with Crippen LogP contribution in [0.4, 0.5) is 0 Å². The first-order chi connectivity index (χ1) is 15.4. The average Bonchev–Trinajstić information content (AvgIpc) is 3.31. The minimum atomic E-state index is -0.659. The fraction of sp³-hybridized carbons (Fsp3) is 0.250. The van der Waals surface area contributed by atoms with Crippen LogP contribution in [0, 0.1) is 5.92 Å². The Morgan fingerprint density at radius 2 is 1.84 bits per heavy atom. The first kappa shape index (κ1) is 22.7. The lowest BCUT2D eigenvalue weighted by Crippen LogP contribution is -2.48. The topological polar surface area (TPSA) is 113 Å². The number of amides is 3. The SMILES string of the molecule is CNC(=O)[C@@H](NC(=O)c1ccc(-c2cccc(CNC(=O)c3cccnc3)c2)o1)C(C)C. The summed E-state index contributed by atoms with van der Waals surface area (Å²) >= 11 is 0. The lowest BCUT2D eigenvalue weighted by atomic mass is 10.0. The largest absolute Gasteiger partial charge is 0.451 e. The molecular weight excluding hydrogens is 408 g/mol. The number of likely N-dealkylation sites (N-methyl/N-ethyl adjacent to an activating group) is 1. The van der Waals surface area contributed by atoms with E-state index in [4.69, 9.17) is 4.42 Å². The normalized spacial score (nSPS) is 11.6. The Bertz CT molecular complexity index is 1090. The van der Waals surface area contributed by atoms with E-state index >= 15 is 0 Å². The van der Waals surface area contributed by atoms with Crippen molar-refractivity contribution in [1.29, 1.82) is 0 Å². The van der Waals surface area contributed by atoms with Crippen LogP contribution < -0.4 is 16.0 Å². The van der Waals surface area contributed by atoms with Crippen LogP contribution in [-0.2, 0) is 11.3 Å². The van der Waals surface area contributed by atoms with Crippen molar-refractivity contribution >= 4 is 17.7 Å². The number of hydrogen-bond acceptors (Lipinski definition) is 5. The van der Waals surface area contributed by atoms with E-state index in [0.717, 1.165) is 11.1 Å². The number of hydrogen-bond donors (Lipinski definition) is 3. The number of furan rings is 1. The summed E-state index contributed by atoms with van der Waals surface area (Å²) < 4.78 is 5.74. The van der Waals surface area contributed by atoms with Crippen molar-refractivity contribution in [2.75, 3.05) is 7.05 Å². The monoisotopic (exact) mass is 434 g/mol. The minimum Gasteiger partial charge on any atom is -0.451 e. The summed E-state index contributed by atoms with van der Waals surface area (Å²) in [6.45, 7) is 4.04. The van der Waals surface area contributed by atoms with Crippen molar-refractivity contribution < 1.29 is 18.8 Å². The quantitative estimate of drug-likeness (QED) is 0.505. The molecule has 3 amide bonds. The second-order valence-corrected chi connectivity index (χ2v) is 7.60. The predicted molar refractivity (Wildman–Crippen MR) is 120 cm³/mol. The molecule has 1 atom stereocenters. The molecule has 0 fully saturated rings. The zero-order valence-corrected chi connectivity index (χ0v) is 18.2. The molecule has 0 bridgehead atoms. The van der Waals surface area contributed by atoms with E-state index in [1.165, 1.54) is 13.2 Å². The maximum atomic E-state index is 12.6. The fourth-order valence-corrected chi connectivity index (χ4v) is 3.13. The van der Waals surface area contributed by atoms with Crippen molar-refractivity contribution in [3.8, 4) is 11.3 Å². The molecule has 2 heterocycles. The highest BCUT2D eigenvalue weighted by atomic mass is 16.4. The third-order valence-electron chi connectivity index (χ3n) is 4.90. The zero-order chi connectivity index (χ0) is 23.1. The Balaban J connectivity index is 1.67. The molecule has 0 aliphatic heterocycles. The van der Waals surface area contributed by atoms with Crippen molar-refractivity contribution in [2.24, 2.45) is 5.92 Å². The number of rotatable bonds is 8. The van der Waals surface area contributed by atoms with Gasteiger partial charge in [-0.3, -0.25) is 19.4 Å². The summed E-state index contributed by atoms with van der Waals surface area (Å²) in [4.78, 5) is 40.7. The van der Waals surface area contributed by atoms with Crippen molar-refractivity contribution in [1.82, 2.24) is 20.9 Å². The van der Waals surface area contributed by atoms with E-state index in [2.05, 4.69) is 20.9 Å². The van der Waals surface area contributed by atoms with Crippen LogP contribution in [0.5, 0.6) is 0 Å². The number of carbonyl (C=O) groups is 3. The van der Waals surface area contributed by atoms with Crippen LogP contribution in [0.1, 0.15) is 40.3 Å². The van der Waals surface area contributed by atoms with E-state index in [-0.39, 0.29) is 23.5 Å². The summed E-state index contributed by atoms with van der Waals surface area (Å²) in [6, 6.07) is 13.5. The fourth-order valence-electron chi connectivity index (χ4n) is 3.13. The van der Waals surface area contributed by atoms with Gasteiger partial charge in [0, 0.05) is 31.5 Å². The van der Waals surface area contributed by atoms with Gasteiger partial charge < -0.3 is 20.4 Å². The minimum absolute atomic E-state index is 0.0770. The molecule has 3 rings (SSSR count). The van der Waals surface area contributed by atoms with E-state index in [0.29, 0.717) is 17.9 Å². The van der Waals surface area contributed by atoms with Gasteiger partial charge in [0.15, 0.2) is 5.76 Å². The standard InChI is InChI=1S/C24H26N4O4/c1-15(2)21(24(31)25-3)28-23(30)20-10-9-19(32-20)17-7-4-6-16(12-17)13-27-22(29)18-8-5-11-26-14-18/h4-12,14-15,21H,13H2,1-3H3,(H,25,31)(H,27,29)(H,28,30)/t21-/m0/s1. The maximum absolute atomic E-state index is 12.6. The molecule has 1 aromatic carbocycles. The van der Waals surface area contributed by atoms with Crippen molar-refractivity contribution in [3.05, 3.63) is 77.8 Å². The molecule has 0 radical (unpaired) electrons. The highest BCUT2D eigenvalue weighted by Gasteiger charge is 2.25. The molecule has 3 aromatic rings. The predicted octanol–water partition coefficient (Wildman–Crippen LogP) is 2.77.